The first-order chi connectivity index (χ1) is 15.4. The zero-order chi connectivity index (χ0) is 22.8. The normalized spacial score (nSPS) is 12.1. The fourth-order valence-corrected chi connectivity index (χ4v) is 3.31. The smallest absolute Gasteiger partial charge is 0.306 e. The second kappa shape index (κ2) is 8.67. The Morgan fingerprint density at radius 1 is 1.16 bits per heavy atom. The number of carboxylic acids is 1. The van der Waals surface area contributed by atoms with E-state index in [1.54, 1.807) is 24.3 Å². The molecule has 166 valence electrons. The van der Waals surface area contributed by atoms with Crippen LogP contribution in [0.1, 0.15) is 12.1 Å². The van der Waals surface area contributed by atoms with Crippen molar-refractivity contribution in [2.45, 2.75) is 19.4 Å². The summed E-state index contributed by atoms with van der Waals surface area (Å²) in [5.74, 6) is -0.982. The lowest BCUT2D eigenvalue weighted by atomic mass is 10.2. The molecule has 2 heterocycles. The fraction of sp³-hybridized carbons (Fsp3) is 0.227. The molecule has 3 N–H and O–H groups in total. The van der Waals surface area contributed by atoms with Crippen LogP contribution in [0.5, 0.6) is 23.1 Å². The van der Waals surface area contributed by atoms with Gasteiger partial charge in [-0.3, -0.25) is 4.79 Å². The van der Waals surface area contributed by atoms with Crippen molar-refractivity contribution in [3.63, 3.8) is 0 Å². The van der Waals surface area contributed by atoms with Crippen LogP contribution in [-0.4, -0.2) is 51.0 Å². The van der Waals surface area contributed by atoms with Crippen LogP contribution in [0.25, 0.3) is 21.8 Å². The standard InChI is InChI=1S/C22H20FN3O6/c1-11-5-13-15(26-11)3-4-17(21(13)23)32-22-14-7-18(30-2)19(8-16(14)24-10-25-22)31-9-12(27)6-20(28)29/h3-5,7-8,10,12,26-27H,6,9H2,1-2H3,(H,28,29). The molecule has 0 saturated carbocycles. The fourth-order valence-electron chi connectivity index (χ4n) is 3.31. The summed E-state index contributed by atoms with van der Waals surface area (Å²) in [7, 11) is 1.42. The third-order valence-electron chi connectivity index (χ3n) is 4.77. The van der Waals surface area contributed by atoms with Gasteiger partial charge in [-0.15, -0.1) is 0 Å². The molecule has 10 heteroatoms. The number of aromatic nitrogens is 3. The molecule has 0 radical (unpaired) electrons. The van der Waals surface area contributed by atoms with Crippen molar-refractivity contribution in [3.05, 3.63) is 48.2 Å². The van der Waals surface area contributed by atoms with E-state index < -0.39 is 24.3 Å². The maximum atomic E-state index is 14.9. The molecule has 9 nitrogen and oxygen atoms in total. The lowest BCUT2D eigenvalue weighted by molar-refractivity contribution is -0.139. The Kier molecular flexibility index (Phi) is 5.78. The molecule has 1 unspecified atom stereocenters. The van der Waals surface area contributed by atoms with Gasteiger partial charge in [0.25, 0.3) is 0 Å². The second-order valence-electron chi connectivity index (χ2n) is 7.16. The van der Waals surface area contributed by atoms with E-state index in [1.165, 1.54) is 19.5 Å². The van der Waals surface area contributed by atoms with Crippen LogP contribution in [-0.2, 0) is 4.79 Å². The summed E-state index contributed by atoms with van der Waals surface area (Å²) in [5.41, 5.74) is 1.92. The second-order valence-corrected chi connectivity index (χ2v) is 7.16. The number of aliphatic carboxylic acids is 1. The number of carboxylic acid groups (broad SMARTS) is 1. The van der Waals surface area contributed by atoms with E-state index in [0.717, 1.165) is 5.69 Å². The molecule has 2 aromatic heterocycles. The quantitative estimate of drug-likeness (QED) is 0.379. The number of nitrogens with one attached hydrogen (secondary N) is 1. The molecule has 0 aliphatic heterocycles. The summed E-state index contributed by atoms with van der Waals surface area (Å²) < 4.78 is 31.6. The number of aliphatic hydroxyl groups excluding tert-OH is 1. The Bertz CT molecular complexity index is 1310. The number of fused-ring (bicyclic) bond motifs is 2. The summed E-state index contributed by atoms with van der Waals surface area (Å²) in [6.45, 7) is 1.59. The molecule has 0 aliphatic rings. The van der Waals surface area contributed by atoms with Gasteiger partial charge >= 0.3 is 5.97 Å². The van der Waals surface area contributed by atoms with Crippen LogP contribution >= 0.6 is 0 Å². The molecular formula is C22H20FN3O6. The highest BCUT2D eigenvalue weighted by atomic mass is 19.1. The highest BCUT2D eigenvalue weighted by Gasteiger charge is 2.17. The number of aryl methyl sites for hydroxylation is 1. The van der Waals surface area contributed by atoms with Crippen LogP contribution in [0, 0.1) is 12.7 Å². The van der Waals surface area contributed by atoms with Gasteiger partial charge in [0, 0.05) is 22.7 Å². The van der Waals surface area contributed by atoms with Crippen LogP contribution in [0.3, 0.4) is 0 Å². The monoisotopic (exact) mass is 441 g/mol. The molecule has 0 aliphatic carbocycles. The predicted molar refractivity (Wildman–Crippen MR) is 113 cm³/mol. The topological polar surface area (TPSA) is 127 Å². The molecule has 0 amide bonds. The van der Waals surface area contributed by atoms with Crippen molar-refractivity contribution in [2.75, 3.05) is 13.7 Å². The zero-order valence-corrected chi connectivity index (χ0v) is 17.3. The van der Waals surface area contributed by atoms with Gasteiger partial charge in [0.05, 0.1) is 30.5 Å². The number of rotatable bonds is 8. The lowest BCUT2D eigenvalue weighted by Gasteiger charge is -2.15. The average molecular weight is 441 g/mol. The first-order valence-corrected chi connectivity index (χ1v) is 9.66. The van der Waals surface area contributed by atoms with Crippen LogP contribution in [0.15, 0.2) is 36.7 Å². The van der Waals surface area contributed by atoms with E-state index in [-0.39, 0.29) is 29.7 Å². The Morgan fingerprint density at radius 3 is 2.72 bits per heavy atom. The highest BCUT2D eigenvalue weighted by molar-refractivity contribution is 5.87. The number of hydrogen-bond donors (Lipinski definition) is 3. The summed E-state index contributed by atoms with van der Waals surface area (Å²) in [6.07, 6.45) is -0.372. The summed E-state index contributed by atoms with van der Waals surface area (Å²) in [6, 6.07) is 8.05. The van der Waals surface area contributed by atoms with Gasteiger partial charge < -0.3 is 29.4 Å². The zero-order valence-electron chi connectivity index (χ0n) is 17.3. The number of hydrogen-bond acceptors (Lipinski definition) is 7. The lowest BCUT2D eigenvalue weighted by Crippen LogP contribution is -2.21. The molecule has 32 heavy (non-hydrogen) atoms. The molecule has 1 atom stereocenters. The minimum atomic E-state index is -1.19. The van der Waals surface area contributed by atoms with Crippen LogP contribution in [0.2, 0.25) is 0 Å². The van der Waals surface area contributed by atoms with Gasteiger partial charge in [-0.05, 0) is 31.2 Å². The molecule has 0 bridgehead atoms. The van der Waals surface area contributed by atoms with E-state index in [4.69, 9.17) is 19.3 Å². The van der Waals surface area contributed by atoms with Crippen molar-refractivity contribution < 1.29 is 33.6 Å². The first-order valence-electron chi connectivity index (χ1n) is 9.66. The minimum absolute atomic E-state index is 0.00702. The number of H-pyrrole nitrogens is 1. The maximum Gasteiger partial charge on any atom is 0.306 e. The average Bonchev–Trinajstić information content (AvgIpc) is 3.14. The van der Waals surface area contributed by atoms with Gasteiger partial charge in [-0.2, -0.15) is 0 Å². The number of aromatic amines is 1. The third kappa shape index (κ3) is 4.26. The van der Waals surface area contributed by atoms with E-state index in [1.807, 2.05) is 6.92 Å². The maximum absolute atomic E-state index is 14.9. The van der Waals surface area contributed by atoms with Crippen molar-refractivity contribution in [3.8, 4) is 23.1 Å². The van der Waals surface area contributed by atoms with Gasteiger partial charge in [0.15, 0.2) is 23.1 Å². The van der Waals surface area contributed by atoms with Crippen molar-refractivity contribution in [1.29, 1.82) is 0 Å². The number of aliphatic hydroxyl groups is 1. The highest BCUT2D eigenvalue weighted by Crippen LogP contribution is 2.37. The molecule has 0 spiro atoms. The van der Waals surface area contributed by atoms with Gasteiger partial charge in [-0.1, -0.05) is 0 Å². The third-order valence-corrected chi connectivity index (χ3v) is 4.77. The number of benzene rings is 2. The van der Waals surface area contributed by atoms with E-state index in [9.17, 15) is 14.3 Å². The number of carbonyl (C=O) groups is 1. The SMILES string of the molecule is COc1cc2c(Oc3ccc4[nH]c(C)cc4c3F)ncnc2cc1OCC(O)CC(=O)O. The summed E-state index contributed by atoms with van der Waals surface area (Å²) in [4.78, 5) is 22.1. The van der Waals surface area contributed by atoms with Gasteiger partial charge in [-0.25, -0.2) is 14.4 Å². The van der Waals surface area contributed by atoms with E-state index >= 15 is 0 Å². The first kappa shape index (κ1) is 21.3. The van der Waals surface area contributed by atoms with E-state index in [2.05, 4.69) is 15.0 Å². The summed E-state index contributed by atoms with van der Waals surface area (Å²) >= 11 is 0. The molecule has 0 fully saturated rings. The van der Waals surface area contributed by atoms with Crippen LogP contribution in [0.4, 0.5) is 4.39 Å². The Hall–Kier alpha value is -3.92. The van der Waals surface area contributed by atoms with E-state index in [0.29, 0.717) is 21.8 Å². The Morgan fingerprint density at radius 2 is 1.97 bits per heavy atom. The van der Waals surface area contributed by atoms with Crippen LogP contribution < -0.4 is 14.2 Å². The Labute approximate surface area is 181 Å². The number of nitrogens with zero attached hydrogens (tertiary/aromatic N) is 2. The summed E-state index contributed by atoms with van der Waals surface area (Å²) in [5, 5.41) is 19.4. The van der Waals surface area contributed by atoms with Crippen molar-refractivity contribution in [1.82, 2.24) is 15.0 Å². The molecule has 2 aromatic carbocycles. The van der Waals surface area contributed by atoms with Gasteiger partial charge in [0.1, 0.15) is 12.9 Å². The van der Waals surface area contributed by atoms with Crippen molar-refractivity contribution in [2.24, 2.45) is 0 Å². The number of methoxy groups -OCH3 is 1. The number of halogens is 1. The Balaban J connectivity index is 1.66. The molecule has 4 rings (SSSR count). The molecular weight excluding hydrogens is 421 g/mol. The molecule has 0 saturated heterocycles. The molecule has 4 aromatic rings. The van der Waals surface area contributed by atoms with Gasteiger partial charge in [0.2, 0.25) is 5.88 Å². The van der Waals surface area contributed by atoms with Crippen molar-refractivity contribution >= 4 is 27.8 Å². The predicted octanol–water partition coefficient (Wildman–Crippen LogP) is 3.57. The largest absolute Gasteiger partial charge is 0.493 e. The number of ether oxygens (including phenoxy) is 3. The minimum Gasteiger partial charge on any atom is -0.493 e.